The largest absolute Gasteiger partial charge is 0.356 e. The van der Waals surface area contributed by atoms with Crippen molar-refractivity contribution in [2.45, 2.75) is 50.0 Å². The van der Waals surface area contributed by atoms with Crippen molar-refractivity contribution in [3.8, 4) is 0 Å². The van der Waals surface area contributed by atoms with E-state index >= 15 is 0 Å². The highest BCUT2D eigenvalue weighted by Crippen LogP contribution is 2.29. The number of pyridine rings is 1. The van der Waals surface area contributed by atoms with E-state index in [0.717, 1.165) is 28.5 Å². The van der Waals surface area contributed by atoms with E-state index in [9.17, 15) is 19.2 Å². The molecule has 0 bridgehead atoms. The van der Waals surface area contributed by atoms with Gasteiger partial charge in [-0.05, 0) is 35.8 Å². The van der Waals surface area contributed by atoms with Gasteiger partial charge in [-0.25, -0.2) is 4.98 Å². The molecule has 0 aliphatic carbocycles. The number of ketones is 1. The Morgan fingerprint density at radius 2 is 1.86 bits per heavy atom. The quantitative estimate of drug-likeness (QED) is 0.296. The molecule has 0 atom stereocenters. The van der Waals surface area contributed by atoms with Crippen molar-refractivity contribution in [2.75, 3.05) is 18.8 Å². The van der Waals surface area contributed by atoms with Crippen LogP contribution in [0.25, 0.3) is 0 Å². The molecule has 152 valence electrons. The lowest BCUT2D eigenvalue weighted by Gasteiger charge is -2.12. The van der Waals surface area contributed by atoms with E-state index in [2.05, 4.69) is 10.3 Å². The zero-order valence-corrected chi connectivity index (χ0v) is 17.4. The Bertz CT molecular complexity index is 669. The van der Waals surface area contributed by atoms with Crippen LogP contribution in [-0.4, -0.2) is 52.2 Å². The van der Waals surface area contributed by atoms with Gasteiger partial charge in [-0.15, -0.1) is 0 Å². The van der Waals surface area contributed by atoms with Gasteiger partial charge in [0.15, 0.2) is 5.78 Å². The fourth-order valence-electron chi connectivity index (χ4n) is 2.63. The lowest BCUT2D eigenvalue weighted by molar-refractivity contribution is -0.141. The molecule has 1 N–H and O–H groups in total. The van der Waals surface area contributed by atoms with E-state index in [1.165, 1.54) is 0 Å². The summed E-state index contributed by atoms with van der Waals surface area (Å²) in [5, 5.41) is 3.81. The van der Waals surface area contributed by atoms with Crippen molar-refractivity contribution >= 4 is 45.1 Å². The van der Waals surface area contributed by atoms with E-state index in [1.807, 2.05) is 18.2 Å². The summed E-state index contributed by atoms with van der Waals surface area (Å²) in [6.45, 7) is 0.497. The zero-order valence-electron chi connectivity index (χ0n) is 15.7. The Morgan fingerprint density at radius 3 is 2.57 bits per heavy atom. The smallest absolute Gasteiger partial charge is 0.230 e. The molecule has 7 nitrogen and oxygen atoms in total. The first-order valence-corrected chi connectivity index (χ1v) is 11.7. The van der Waals surface area contributed by atoms with Crippen molar-refractivity contribution in [3.63, 3.8) is 0 Å². The van der Waals surface area contributed by atoms with Crippen LogP contribution in [0, 0.1) is 0 Å². The number of nitrogens with zero attached hydrogens (tertiary/aromatic N) is 2. The molecule has 0 radical (unpaired) electrons. The number of carbonyl (C=O) groups is 4. The highest BCUT2D eigenvalue weighted by Gasteiger charge is 2.29. The third-order valence-electron chi connectivity index (χ3n) is 4.14. The Hall–Kier alpha value is -1.87. The molecule has 0 unspecified atom stereocenters. The summed E-state index contributed by atoms with van der Waals surface area (Å²) < 4.78 is 0. The minimum atomic E-state index is -0.252. The second kappa shape index (κ2) is 12.6. The molecule has 3 amide bonds. The highest BCUT2D eigenvalue weighted by atomic mass is 33.1. The molecule has 1 saturated heterocycles. The average Bonchev–Trinajstić information content (AvgIpc) is 3.00. The monoisotopic (exact) mass is 423 g/mol. The SMILES string of the molecule is O=C(CCCCCNC(=O)CCSSc1ccccn1)CN1C(=O)CCC1=O. The molecule has 1 fully saturated rings. The molecule has 1 aromatic heterocycles. The van der Waals surface area contributed by atoms with Gasteiger partial charge < -0.3 is 5.32 Å². The highest BCUT2D eigenvalue weighted by molar-refractivity contribution is 8.76. The van der Waals surface area contributed by atoms with Crippen LogP contribution >= 0.6 is 21.6 Å². The minimum Gasteiger partial charge on any atom is -0.356 e. The summed E-state index contributed by atoms with van der Waals surface area (Å²) in [6.07, 6.45) is 5.30. The molecule has 28 heavy (non-hydrogen) atoms. The molecule has 2 heterocycles. The molecular weight excluding hydrogens is 398 g/mol. The van der Waals surface area contributed by atoms with Gasteiger partial charge in [-0.2, -0.15) is 0 Å². The van der Waals surface area contributed by atoms with Gasteiger partial charge in [0, 0.05) is 44.2 Å². The Balaban J connectivity index is 1.43. The zero-order chi connectivity index (χ0) is 20.2. The fourth-order valence-corrected chi connectivity index (χ4v) is 4.50. The van der Waals surface area contributed by atoms with Crippen LogP contribution < -0.4 is 5.32 Å². The van der Waals surface area contributed by atoms with Crippen molar-refractivity contribution < 1.29 is 19.2 Å². The third kappa shape index (κ3) is 8.43. The van der Waals surface area contributed by atoms with Crippen LogP contribution in [-0.2, 0) is 19.2 Å². The molecule has 0 aromatic carbocycles. The Kier molecular flexibility index (Phi) is 10.1. The summed E-state index contributed by atoms with van der Waals surface area (Å²) in [4.78, 5) is 51.8. The number of nitrogens with one attached hydrogen (secondary N) is 1. The topological polar surface area (TPSA) is 96.4 Å². The Morgan fingerprint density at radius 1 is 1.07 bits per heavy atom. The molecule has 1 aromatic rings. The number of unbranched alkanes of at least 4 members (excludes halogenated alkanes) is 2. The van der Waals surface area contributed by atoms with Crippen LogP contribution in [0.15, 0.2) is 29.4 Å². The second-order valence-electron chi connectivity index (χ2n) is 6.40. The van der Waals surface area contributed by atoms with Gasteiger partial charge in [0.25, 0.3) is 0 Å². The maximum Gasteiger partial charge on any atom is 0.230 e. The van der Waals surface area contributed by atoms with Gasteiger partial charge in [0.1, 0.15) is 5.03 Å². The lowest BCUT2D eigenvalue weighted by Crippen LogP contribution is -2.34. The Labute approximate surface area is 172 Å². The molecule has 0 saturated carbocycles. The summed E-state index contributed by atoms with van der Waals surface area (Å²) >= 11 is 0. The maximum absolute atomic E-state index is 11.9. The fraction of sp³-hybridized carbons (Fsp3) is 0.526. The van der Waals surface area contributed by atoms with E-state index in [4.69, 9.17) is 0 Å². The summed E-state index contributed by atoms with van der Waals surface area (Å²) in [5.74, 6) is 0.150. The van der Waals surface area contributed by atoms with Gasteiger partial charge in [-0.1, -0.05) is 23.3 Å². The van der Waals surface area contributed by atoms with Gasteiger partial charge >= 0.3 is 0 Å². The number of aromatic nitrogens is 1. The van der Waals surface area contributed by atoms with Crippen molar-refractivity contribution in [3.05, 3.63) is 24.4 Å². The summed E-state index contributed by atoms with van der Waals surface area (Å²) in [6, 6.07) is 5.73. The number of likely N-dealkylation sites (tertiary alicyclic amines) is 1. The molecule has 9 heteroatoms. The van der Waals surface area contributed by atoms with Gasteiger partial charge in [-0.3, -0.25) is 24.1 Å². The van der Waals surface area contributed by atoms with Crippen LogP contribution in [0.4, 0.5) is 0 Å². The number of amides is 3. The second-order valence-corrected chi connectivity index (χ2v) is 8.83. The normalized spacial score (nSPS) is 13.8. The third-order valence-corrected chi connectivity index (χ3v) is 6.41. The van der Waals surface area contributed by atoms with Crippen LogP contribution in [0.3, 0.4) is 0 Å². The molecule has 1 aliphatic heterocycles. The summed E-state index contributed by atoms with van der Waals surface area (Å²) in [7, 11) is 3.16. The number of imide groups is 1. The first-order chi connectivity index (χ1) is 13.6. The number of rotatable bonds is 13. The van der Waals surface area contributed by atoms with Gasteiger partial charge in [0.2, 0.25) is 17.7 Å². The predicted molar refractivity (Wildman–Crippen MR) is 110 cm³/mol. The maximum atomic E-state index is 11.9. The molecule has 1 aliphatic rings. The first-order valence-electron chi connectivity index (χ1n) is 9.38. The number of hydrogen-bond acceptors (Lipinski definition) is 7. The van der Waals surface area contributed by atoms with Crippen molar-refractivity contribution in [2.24, 2.45) is 0 Å². The number of hydrogen-bond donors (Lipinski definition) is 1. The molecule has 0 spiro atoms. The lowest BCUT2D eigenvalue weighted by atomic mass is 10.1. The number of Topliss-reactive ketones (excluding diaryl/α,β-unsaturated/α-hetero) is 1. The van der Waals surface area contributed by atoms with Crippen molar-refractivity contribution in [1.82, 2.24) is 15.2 Å². The van der Waals surface area contributed by atoms with Gasteiger partial charge in [0.05, 0.1) is 6.54 Å². The van der Waals surface area contributed by atoms with E-state index < -0.39 is 0 Å². The van der Waals surface area contributed by atoms with E-state index in [-0.39, 0.29) is 42.9 Å². The molecule has 2 rings (SSSR count). The van der Waals surface area contributed by atoms with Crippen molar-refractivity contribution in [1.29, 1.82) is 0 Å². The van der Waals surface area contributed by atoms with Crippen LogP contribution in [0.5, 0.6) is 0 Å². The molecular formula is C19H25N3O4S2. The van der Waals surface area contributed by atoms with E-state index in [0.29, 0.717) is 25.8 Å². The van der Waals surface area contributed by atoms with Crippen LogP contribution in [0.1, 0.15) is 44.9 Å². The number of carbonyl (C=O) groups excluding carboxylic acids is 4. The minimum absolute atomic E-state index is 0.0243. The first kappa shape index (κ1) is 22.4. The predicted octanol–water partition coefficient (Wildman–Crippen LogP) is 2.61. The summed E-state index contributed by atoms with van der Waals surface area (Å²) in [5.41, 5.74) is 0. The van der Waals surface area contributed by atoms with E-state index in [1.54, 1.807) is 27.8 Å². The average molecular weight is 424 g/mol. The standard InChI is InChI=1S/C19H25N3O4S2/c23-15(14-22-18(25)8-9-19(22)26)6-2-1-4-11-20-16(24)10-13-27-28-17-7-3-5-12-21-17/h3,5,7,12H,1-2,4,6,8-11,13-14H2,(H,20,24). The van der Waals surface area contributed by atoms with Crippen LogP contribution in [0.2, 0.25) is 0 Å².